The minimum atomic E-state index is -0.697. The molecule has 1 N–H and O–H groups in total. The van der Waals surface area contributed by atoms with E-state index in [-0.39, 0.29) is 11.3 Å². The van der Waals surface area contributed by atoms with Crippen LogP contribution in [-0.4, -0.2) is 44.9 Å². The van der Waals surface area contributed by atoms with Gasteiger partial charge in [-0.25, -0.2) is 4.98 Å². The number of carbonyl (C=O) groups excluding carboxylic acids is 2. The molecule has 1 amide bonds. The number of likely N-dealkylation sites (tertiary alicyclic amines) is 1. The van der Waals surface area contributed by atoms with Gasteiger partial charge in [0.15, 0.2) is 0 Å². The number of rotatable bonds is 7. The molecule has 1 fully saturated rings. The van der Waals surface area contributed by atoms with Crippen LogP contribution in [0.15, 0.2) is 89.4 Å². The quantitative estimate of drug-likeness (QED) is 0.193. The highest BCUT2D eigenvalue weighted by molar-refractivity contribution is 9.10. The molecule has 1 atom stereocenters. The number of ether oxygens (including phenoxy) is 1. The Labute approximate surface area is 216 Å². The second kappa shape index (κ2) is 9.99. The highest BCUT2D eigenvalue weighted by Crippen LogP contribution is 2.40. The lowest BCUT2D eigenvalue weighted by Gasteiger charge is -2.25. The molecule has 182 valence electrons. The van der Waals surface area contributed by atoms with Crippen LogP contribution < -0.4 is 4.74 Å². The number of benzene rings is 3. The number of methoxy groups -OCH3 is 1. The van der Waals surface area contributed by atoms with Crippen LogP contribution in [0.4, 0.5) is 0 Å². The van der Waals surface area contributed by atoms with E-state index in [9.17, 15) is 14.7 Å². The Morgan fingerprint density at radius 1 is 1.06 bits per heavy atom. The van der Waals surface area contributed by atoms with Gasteiger partial charge in [0.25, 0.3) is 11.7 Å². The molecule has 1 aliphatic heterocycles. The van der Waals surface area contributed by atoms with Crippen molar-refractivity contribution in [3.05, 3.63) is 101 Å². The van der Waals surface area contributed by atoms with E-state index in [4.69, 9.17) is 4.74 Å². The van der Waals surface area contributed by atoms with E-state index >= 15 is 0 Å². The predicted octanol–water partition coefficient (Wildman–Crippen LogP) is 5.32. The number of fused-ring (bicyclic) bond motifs is 1. The standard InChI is InChI=1S/C28H24BrN3O4/c1-36-23-9-8-18-14-21(7-6-19(18)16-23)26(33)24-25(20-4-2-5-22(29)15-20)32(28(35)27(24)34)12-3-11-31-13-10-30-17-31/h2,4-10,13-17,25,33H,3,11-12H2,1H3/b26-24+. The van der Waals surface area contributed by atoms with E-state index in [1.165, 1.54) is 0 Å². The summed E-state index contributed by atoms with van der Waals surface area (Å²) >= 11 is 3.49. The molecule has 7 nitrogen and oxygen atoms in total. The van der Waals surface area contributed by atoms with Gasteiger partial charge >= 0.3 is 0 Å². The second-order valence-electron chi connectivity index (χ2n) is 8.63. The van der Waals surface area contributed by atoms with E-state index in [0.29, 0.717) is 25.1 Å². The molecule has 1 saturated heterocycles. The topological polar surface area (TPSA) is 84.7 Å². The lowest BCUT2D eigenvalue weighted by molar-refractivity contribution is -0.139. The Balaban J connectivity index is 1.56. The molecule has 1 aliphatic rings. The van der Waals surface area contributed by atoms with Gasteiger partial charge in [0, 0.05) is 35.5 Å². The smallest absolute Gasteiger partial charge is 0.295 e. The Morgan fingerprint density at radius 2 is 1.86 bits per heavy atom. The molecule has 36 heavy (non-hydrogen) atoms. The molecule has 0 spiro atoms. The number of nitrogens with zero attached hydrogens (tertiary/aromatic N) is 3. The van der Waals surface area contributed by atoms with Gasteiger partial charge in [-0.2, -0.15) is 0 Å². The summed E-state index contributed by atoms with van der Waals surface area (Å²) in [5, 5.41) is 13.2. The van der Waals surface area contributed by atoms with Crippen molar-refractivity contribution in [2.45, 2.75) is 19.0 Å². The summed E-state index contributed by atoms with van der Waals surface area (Å²) in [5.41, 5.74) is 1.32. The predicted molar refractivity (Wildman–Crippen MR) is 140 cm³/mol. The first-order valence-electron chi connectivity index (χ1n) is 11.5. The minimum absolute atomic E-state index is 0.0913. The van der Waals surface area contributed by atoms with Gasteiger partial charge in [-0.1, -0.05) is 46.3 Å². The monoisotopic (exact) mass is 545 g/mol. The highest BCUT2D eigenvalue weighted by Gasteiger charge is 2.45. The zero-order valence-corrected chi connectivity index (χ0v) is 21.2. The zero-order chi connectivity index (χ0) is 25.2. The van der Waals surface area contributed by atoms with Crippen molar-refractivity contribution in [2.24, 2.45) is 0 Å². The normalized spacial score (nSPS) is 17.2. The molecule has 2 heterocycles. The first-order chi connectivity index (χ1) is 17.5. The summed E-state index contributed by atoms with van der Waals surface area (Å²) in [6.07, 6.45) is 5.91. The van der Waals surface area contributed by atoms with E-state index < -0.39 is 17.7 Å². The molecule has 1 unspecified atom stereocenters. The number of ketones is 1. The molecule has 3 aromatic carbocycles. The van der Waals surface area contributed by atoms with E-state index in [1.54, 1.807) is 30.6 Å². The third-order valence-corrected chi connectivity index (χ3v) is 6.89. The fourth-order valence-electron chi connectivity index (χ4n) is 4.63. The van der Waals surface area contributed by atoms with Gasteiger partial charge < -0.3 is 19.3 Å². The summed E-state index contributed by atoms with van der Waals surface area (Å²) in [4.78, 5) is 32.1. The number of amides is 1. The van der Waals surface area contributed by atoms with Gasteiger partial charge in [-0.3, -0.25) is 9.59 Å². The summed E-state index contributed by atoms with van der Waals surface area (Å²) in [7, 11) is 1.61. The number of aliphatic hydroxyl groups is 1. The van der Waals surface area contributed by atoms with Gasteiger partial charge in [-0.15, -0.1) is 0 Å². The number of hydrogen-bond acceptors (Lipinski definition) is 5. The molecule has 1 aromatic heterocycles. The fourth-order valence-corrected chi connectivity index (χ4v) is 5.05. The van der Waals surface area contributed by atoms with E-state index in [2.05, 4.69) is 20.9 Å². The number of aryl methyl sites for hydroxylation is 1. The molecule has 0 bridgehead atoms. The van der Waals surface area contributed by atoms with Crippen LogP contribution in [0.3, 0.4) is 0 Å². The molecule has 0 saturated carbocycles. The van der Waals surface area contributed by atoms with Crippen molar-refractivity contribution in [2.75, 3.05) is 13.7 Å². The Bertz CT molecular complexity index is 1480. The SMILES string of the molecule is COc1ccc2cc(/C(O)=C3\C(=O)C(=O)N(CCCn4ccnc4)C3c3cccc(Br)c3)ccc2c1. The fraction of sp³-hybridized carbons (Fsp3) is 0.179. The van der Waals surface area contributed by atoms with Crippen LogP contribution in [-0.2, 0) is 16.1 Å². The molecule has 0 aliphatic carbocycles. The van der Waals surface area contributed by atoms with Gasteiger partial charge in [0.05, 0.1) is 25.1 Å². The first kappa shape index (κ1) is 23.8. The number of aliphatic hydroxyl groups excluding tert-OH is 1. The minimum Gasteiger partial charge on any atom is -0.507 e. The molecule has 8 heteroatoms. The third kappa shape index (κ3) is 4.52. The van der Waals surface area contributed by atoms with Crippen LogP contribution >= 0.6 is 15.9 Å². The Hall–Kier alpha value is -3.91. The molecular formula is C28H24BrN3O4. The van der Waals surface area contributed by atoms with Crippen LogP contribution in [0.1, 0.15) is 23.6 Å². The van der Waals surface area contributed by atoms with Crippen molar-refractivity contribution in [1.29, 1.82) is 0 Å². The van der Waals surface area contributed by atoms with Crippen LogP contribution in [0.5, 0.6) is 5.75 Å². The molecule has 4 aromatic rings. The number of imidazole rings is 1. The van der Waals surface area contributed by atoms with E-state index in [0.717, 1.165) is 26.6 Å². The van der Waals surface area contributed by atoms with Gasteiger partial charge in [-0.05, 0) is 53.1 Å². The van der Waals surface area contributed by atoms with Crippen LogP contribution in [0.25, 0.3) is 16.5 Å². The van der Waals surface area contributed by atoms with Crippen molar-refractivity contribution < 1.29 is 19.4 Å². The zero-order valence-electron chi connectivity index (χ0n) is 19.6. The number of aromatic nitrogens is 2. The lowest BCUT2D eigenvalue weighted by atomic mass is 9.94. The Morgan fingerprint density at radius 3 is 2.61 bits per heavy atom. The number of halogens is 1. The summed E-state index contributed by atoms with van der Waals surface area (Å²) < 4.78 is 8.04. The van der Waals surface area contributed by atoms with Crippen LogP contribution in [0.2, 0.25) is 0 Å². The first-order valence-corrected chi connectivity index (χ1v) is 12.3. The maximum absolute atomic E-state index is 13.3. The maximum atomic E-state index is 13.3. The summed E-state index contributed by atoms with van der Waals surface area (Å²) in [6, 6.07) is 17.8. The van der Waals surface area contributed by atoms with Crippen molar-refractivity contribution >= 4 is 44.2 Å². The lowest BCUT2D eigenvalue weighted by Crippen LogP contribution is -2.31. The van der Waals surface area contributed by atoms with Gasteiger partial charge in [0.2, 0.25) is 0 Å². The highest BCUT2D eigenvalue weighted by atomic mass is 79.9. The van der Waals surface area contributed by atoms with Crippen molar-refractivity contribution in [3.63, 3.8) is 0 Å². The number of carbonyl (C=O) groups is 2. The molecule has 0 radical (unpaired) electrons. The van der Waals surface area contributed by atoms with E-state index in [1.807, 2.05) is 65.4 Å². The Kier molecular flexibility index (Phi) is 6.61. The summed E-state index contributed by atoms with van der Waals surface area (Å²) in [5.74, 6) is -0.754. The average Bonchev–Trinajstić information content (AvgIpc) is 3.50. The largest absolute Gasteiger partial charge is 0.507 e. The molecular weight excluding hydrogens is 522 g/mol. The third-order valence-electron chi connectivity index (χ3n) is 6.40. The van der Waals surface area contributed by atoms with Crippen LogP contribution in [0, 0.1) is 0 Å². The van der Waals surface area contributed by atoms with Crippen molar-refractivity contribution in [3.8, 4) is 5.75 Å². The second-order valence-corrected chi connectivity index (χ2v) is 9.55. The average molecular weight is 546 g/mol. The maximum Gasteiger partial charge on any atom is 0.295 e. The number of hydrogen-bond donors (Lipinski definition) is 1. The van der Waals surface area contributed by atoms with Gasteiger partial charge in [0.1, 0.15) is 11.5 Å². The van der Waals surface area contributed by atoms with Crippen molar-refractivity contribution in [1.82, 2.24) is 14.5 Å². The molecule has 5 rings (SSSR count). The number of Topliss-reactive ketones (excluding diaryl/α,β-unsaturated/α-hetero) is 1. The summed E-state index contributed by atoms with van der Waals surface area (Å²) in [6.45, 7) is 1.01.